The molecule has 0 aromatic heterocycles. The number of fused-ring (bicyclic) bond motifs is 7. The van der Waals surface area contributed by atoms with Crippen LogP contribution >= 0.6 is 0 Å². The van der Waals surface area contributed by atoms with Crippen molar-refractivity contribution < 1.29 is 83.1 Å². The Labute approximate surface area is 377 Å². The quantitative estimate of drug-likeness (QED) is 0.163. The van der Waals surface area contributed by atoms with Gasteiger partial charge in [0.1, 0.15) is 61.0 Å². The van der Waals surface area contributed by atoms with Crippen molar-refractivity contribution in [2.24, 2.45) is 52.3 Å². The van der Waals surface area contributed by atoms with Gasteiger partial charge in [-0.1, -0.05) is 27.7 Å². The molecule has 368 valence electrons. The maximum absolute atomic E-state index is 12.2. The molecule has 0 bridgehead atoms. The van der Waals surface area contributed by atoms with Gasteiger partial charge >= 0.3 is 0 Å². The molecule has 1 spiro atoms. The lowest BCUT2D eigenvalue weighted by atomic mass is 9.43. The van der Waals surface area contributed by atoms with Gasteiger partial charge in [-0.05, 0) is 112 Å². The SMILES string of the molecule is CO[C@H]1[C@H](O[C@H]2[C@H](O[C@H]3CC[C@@]4(C)[C@H](C3)[C@@H](O)C[C@@H]3[C@@H]4CC[C@]4(C)[C@@H]5[C@H](C[C@@H]34)O[C@]3(CC[C@@H](C)CO3)[C@H]5C)O[C@H](CO)[C@@H](O[C@@H]3O[C@@H](C)[C@H](O)[C@@H](O)[C@H]3OC)[C@@H]2O)O[C@@H](C)[C@H](O)[C@H]1O. The summed E-state index contributed by atoms with van der Waals surface area (Å²) in [5.41, 5.74) is -0.0130. The summed E-state index contributed by atoms with van der Waals surface area (Å²) in [6, 6.07) is 0. The molecule has 17 nitrogen and oxygen atoms in total. The highest BCUT2D eigenvalue weighted by atomic mass is 16.8. The Bertz CT molecular complexity index is 1600. The lowest BCUT2D eigenvalue weighted by Crippen LogP contribution is -2.67. The van der Waals surface area contributed by atoms with Gasteiger partial charge in [0.15, 0.2) is 24.7 Å². The molecule has 9 fully saturated rings. The first kappa shape index (κ1) is 48.3. The van der Waals surface area contributed by atoms with Crippen molar-refractivity contribution >= 4 is 0 Å². The second kappa shape index (κ2) is 18.2. The molecule has 4 aliphatic carbocycles. The van der Waals surface area contributed by atoms with E-state index in [2.05, 4.69) is 27.7 Å². The van der Waals surface area contributed by atoms with E-state index in [1.54, 1.807) is 13.8 Å². The molecule has 7 N–H and O–H groups in total. The van der Waals surface area contributed by atoms with Gasteiger partial charge in [0, 0.05) is 26.6 Å². The Morgan fingerprint density at radius 1 is 0.594 bits per heavy atom. The average molecular weight is 915 g/mol. The van der Waals surface area contributed by atoms with Crippen molar-refractivity contribution in [2.75, 3.05) is 27.4 Å². The first-order chi connectivity index (χ1) is 30.4. The van der Waals surface area contributed by atoms with Crippen LogP contribution in [-0.2, 0) is 47.4 Å². The van der Waals surface area contributed by atoms with Gasteiger partial charge < -0.3 is 83.1 Å². The zero-order valence-corrected chi connectivity index (χ0v) is 38.9. The van der Waals surface area contributed by atoms with Gasteiger partial charge in [0.2, 0.25) is 0 Å². The summed E-state index contributed by atoms with van der Waals surface area (Å²) in [4.78, 5) is 0. The number of aliphatic hydroxyl groups is 7. The van der Waals surface area contributed by atoms with Gasteiger partial charge in [-0.3, -0.25) is 0 Å². The minimum Gasteiger partial charge on any atom is -0.394 e. The largest absolute Gasteiger partial charge is 0.394 e. The van der Waals surface area contributed by atoms with E-state index in [1.165, 1.54) is 14.2 Å². The van der Waals surface area contributed by atoms with E-state index < -0.39 is 117 Å². The third kappa shape index (κ3) is 7.88. The van der Waals surface area contributed by atoms with Crippen LogP contribution in [0.5, 0.6) is 0 Å². The molecule has 0 aromatic carbocycles. The minimum absolute atomic E-state index is 0.0540. The van der Waals surface area contributed by atoms with E-state index in [0.717, 1.165) is 51.6 Å². The maximum atomic E-state index is 12.2. The van der Waals surface area contributed by atoms with E-state index in [1.807, 2.05) is 0 Å². The van der Waals surface area contributed by atoms with Gasteiger partial charge in [-0.15, -0.1) is 0 Å². The van der Waals surface area contributed by atoms with Gasteiger partial charge in [0.05, 0.1) is 43.7 Å². The molecule has 0 amide bonds. The normalized spacial score (nSPS) is 58.6. The molecule has 4 saturated carbocycles. The molecular formula is C47H78O17. The summed E-state index contributed by atoms with van der Waals surface area (Å²) in [5.74, 6) is 2.06. The highest BCUT2D eigenvalue weighted by Gasteiger charge is 2.70. The number of hydrogen-bond acceptors (Lipinski definition) is 17. The molecule has 5 aliphatic heterocycles. The number of ether oxygens (including phenoxy) is 10. The van der Waals surface area contributed by atoms with E-state index in [9.17, 15) is 35.7 Å². The van der Waals surface area contributed by atoms with Crippen LogP contribution in [0.15, 0.2) is 0 Å². The Hall–Kier alpha value is -0.680. The Morgan fingerprint density at radius 2 is 1.20 bits per heavy atom. The predicted molar refractivity (Wildman–Crippen MR) is 224 cm³/mol. The van der Waals surface area contributed by atoms with Crippen molar-refractivity contribution in [1.29, 1.82) is 0 Å². The summed E-state index contributed by atoms with van der Waals surface area (Å²) in [6.45, 7) is 12.8. The highest BCUT2D eigenvalue weighted by Crippen LogP contribution is 2.71. The molecular weight excluding hydrogens is 837 g/mol. The molecule has 5 saturated heterocycles. The van der Waals surface area contributed by atoms with Crippen LogP contribution in [0.3, 0.4) is 0 Å². The predicted octanol–water partition coefficient (Wildman–Crippen LogP) is 1.60. The second-order valence-electron chi connectivity index (χ2n) is 22.0. The molecule has 28 atom stereocenters. The first-order valence-corrected chi connectivity index (χ1v) is 24.4. The van der Waals surface area contributed by atoms with E-state index in [0.29, 0.717) is 48.3 Å². The van der Waals surface area contributed by atoms with Crippen LogP contribution in [-0.4, -0.2) is 179 Å². The monoisotopic (exact) mass is 915 g/mol. The topological polar surface area (TPSA) is 234 Å². The fourth-order valence-corrected chi connectivity index (χ4v) is 15.1. The Balaban J connectivity index is 0.923. The van der Waals surface area contributed by atoms with E-state index in [-0.39, 0.29) is 22.9 Å². The molecule has 5 heterocycles. The van der Waals surface area contributed by atoms with Gasteiger partial charge in [-0.2, -0.15) is 0 Å². The molecule has 17 heteroatoms. The lowest BCUT2D eigenvalue weighted by Gasteiger charge is -2.62. The maximum Gasteiger partial charge on any atom is 0.187 e. The second-order valence-corrected chi connectivity index (χ2v) is 22.0. The standard InChI is InChI=1S/C47H78O17/c1-20-9-14-47(57-19-20)21(2)32-30(64-47)17-27-25-16-29(49)28-15-24(10-12-45(28,5)26(25)11-13-46(27,32)6)60-44-41(63-43-40(56-8)36(53)34(51)23(4)59-43)37(54)38(31(18-48)61-44)62-42-39(55-7)35(52)33(50)22(3)58-42/h20-44,48-54H,9-19H2,1-8H3/t20-,21+,22+,23+,24+,25-,26+,27+,28-,29+,30+,31-,32+,33+,34+,35-,36-,37+,38-,39-,40-,41-,42+,43+,44-,45-,46+,47-/m1/s1. The fourth-order valence-electron chi connectivity index (χ4n) is 15.1. The van der Waals surface area contributed by atoms with Gasteiger partial charge in [-0.25, -0.2) is 0 Å². The third-order valence-electron chi connectivity index (χ3n) is 18.7. The Morgan fingerprint density at radius 3 is 1.80 bits per heavy atom. The lowest BCUT2D eigenvalue weighted by molar-refractivity contribution is -0.391. The zero-order chi connectivity index (χ0) is 45.8. The van der Waals surface area contributed by atoms with Gasteiger partial charge in [0.25, 0.3) is 0 Å². The molecule has 0 radical (unpaired) electrons. The summed E-state index contributed by atoms with van der Waals surface area (Å²) < 4.78 is 62.4. The van der Waals surface area contributed by atoms with Crippen molar-refractivity contribution in [3.63, 3.8) is 0 Å². The molecule has 9 aliphatic rings. The van der Waals surface area contributed by atoms with Crippen molar-refractivity contribution in [1.82, 2.24) is 0 Å². The van der Waals surface area contributed by atoms with Crippen molar-refractivity contribution in [3.8, 4) is 0 Å². The summed E-state index contributed by atoms with van der Waals surface area (Å²) in [7, 11) is 2.67. The van der Waals surface area contributed by atoms with Crippen LogP contribution in [0.4, 0.5) is 0 Å². The highest BCUT2D eigenvalue weighted by molar-refractivity contribution is 5.16. The zero-order valence-electron chi connectivity index (χ0n) is 38.9. The molecule has 0 unspecified atom stereocenters. The minimum atomic E-state index is -1.58. The van der Waals surface area contributed by atoms with E-state index >= 15 is 0 Å². The number of aliphatic hydroxyl groups excluding tert-OH is 7. The van der Waals surface area contributed by atoms with Crippen LogP contribution < -0.4 is 0 Å². The van der Waals surface area contributed by atoms with Crippen LogP contribution in [0.2, 0.25) is 0 Å². The number of hydrogen-bond donors (Lipinski definition) is 7. The Kier molecular flexibility index (Phi) is 13.8. The van der Waals surface area contributed by atoms with Crippen LogP contribution in [0.1, 0.15) is 99.3 Å². The summed E-state index contributed by atoms with van der Waals surface area (Å²) in [6.07, 6.45) is -11.4. The smallest absolute Gasteiger partial charge is 0.187 e. The molecule has 9 rings (SSSR count). The van der Waals surface area contributed by atoms with E-state index in [4.69, 9.17) is 47.4 Å². The third-order valence-corrected chi connectivity index (χ3v) is 18.7. The molecule has 64 heavy (non-hydrogen) atoms. The first-order valence-electron chi connectivity index (χ1n) is 24.4. The van der Waals surface area contributed by atoms with Crippen LogP contribution in [0.25, 0.3) is 0 Å². The summed E-state index contributed by atoms with van der Waals surface area (Å²) >= 11 is 0. The summed E-state index contributed by atoms with van der Waals surface area (Å²) in [5, 5.41) is 78.1. The van der Waals surface area contributed by atoms with Crippen molar-refractivity contribution in [3.05, 3.63) is 0 Å². The average Bonchev–Trinajstić information content (AvgIpc) is 3.71. The number of rotatable bonds is 9. The number of methoxy groups -OCH3 is 2. The fraction of sp³-hybridized carbons (Fsp3) is 1.00. The van der Waals surface area contributed by atoms with Crippen molar-refractivity contribution in [2.45, 2.75) is 216 Å². The van der Waals surface area contributed by atoms with Crippen LogP contribution in [0, 0.1) is 52.3 Å². The molecule has 0 aromatic rings.